The normalized spacial score (nSPS) is 16.0. The summed E-state index contributed by atoms with van der Waals surface area (Å²) < 4.78 is 1.78. The highest BCUT2D eigenvalue weighted by atomic mass is 16.2. The second kappa shape index (κ2) is 8.69. The van der Waals surface area contributed by atoms with E-state index in [0.29, 0.717) is 16.9 Å². The first-order valence-corrected chi connectivity index (χ1v) is 11.5. The van der Waals surface area contributed by atoms with Gasteiger partial charge in [-0.25, -0.2) is 4.68 Å². The van der Waals surface area contributed by atoms with E-state index in [9.17, 15) is 9.59 Å². The Morgan fingerprint density at radius 3 is 2.42 bits per heavy atom. The van der Waals surface area contributed by atoms with Crippen molar-refractivity contribution in [2.24, 2.45) is 5.73 Å². The lowest BCUT2D eigenvalue weighted by Crippen LogP contribution is -2.31. The minimum Gasteiger partial charge on any atom is -0.371 e. The molecule has 2 aliphatic rings. The molecule has 1 aromatic heterocycles. The Morgan fingerprint density at radius 2 is 1.76 bits per heavy atom. The van der Waals surface area contributed by atoms with Crippen LogP contribution in [0.5, 0.6) is 0 Å². The van der Waals surface area contributed by atoms with Crippen LogP contribution in [0.4, 0.5) is 11.4 Å². The number of amides is 2. The van der Waals surface area contributed by atoms with E-state index in [0.717, 1.165) is 61.4 Å². The Kier molecular flexibility index (Phi) is 5.58. The number of rotatable bonds is 6. The van der Waals surface area contributed by atoms with Crippen LogP contribution in [0.1, 0.15) is 70.1 Å². The summed E-state index contributed by atoms with van der Waals surface area (Å²) in [5.74, 6) is -0.486. The van der Waals surface area contributed by atoms with Crippen LogP contribution < -0.4 is 16.0 Å². The molecular formula is C25H28N6O2. The van der Waals surface area contributed by atoms with Crippen LogP contribution in [0.25, 0.3) is 5.69 Å². The van der Waals surface area contributed by atoms with E-state index in [1.165, 1.54) is 6.42 Å². The van der Waals surface area contributed by atoms with Gasteiger partial charge in [0.2, 0.25) is 0 Å². The van der Waals surface area contributed by atoms with Crippen molar-refractivity contribution < 1.29 is 9.59 Å². The molecule has 5 rings (SSSR count). The van der Waals surface area contributed by atoms with Crippen LogP contribution >= 0.6 is 0 Å². The third-order valence-electron chi connectivity index (χ3n) is 6.38. The molecule has 33 heavy (non-hydrogen) atoms. The van der Waals surface area contributed by atoms with Gasteiger partial charge in [-0.15, -0.1) is 5.10 Å². The lowest BCUT2D eigenvalue weighted by Gasteiger charge is -2.30. The van der Waals surface area contributed by atoms with Gasteiger partial charge in [-0.3, -0.25) is 9.59 Å². The zero-order valence-electron chi connectivity index (χ0n) is 18.8. The number of carbonyl (C=O) groups excluding carboxylic acids is 2. The predicted octanol–water partition coefficient (Wildman–Crippen LogP) is 3.79. The molecule has 0 unspecified atom stereocenters. The lowest BCUT2D eigenvalue weighted by molar-refractivity contribution is 0.0998. The number of aromatic nitrogens is 3. The zero-order valence-corrected chi connectivity index (χ0v) is 18.8. The number of benzene rings is 2. The van der Waals surface area contributed by atoms with Crippen LogP contribution in [-0.4, -0.2) is 39.9 Å². The third-order valence-corrected chi connectivity index (χ3v) is 6.38. The van der Waals surface area contributed by atoms with Gasteiger partial charge in [0.1, 0.15) is 0 Å². The number of carbonyl (C=O) groups is 2. The topological polar surface area (TPSA) is 106 Å². The summed E-state index contributed by atoms with van der Waals surface area (Å²) in [5, 5.41) is 11.5. The fourth-order valence-electron chi connectivity index (χ4n) is 4.46. The molecule has 0 atom stereocenters. The fourth-order valence-corrected chi connectivity index (χ4v) is 4.46. The smallest absolute Gasteiger partial charge is 0.278 e. The van der Waals surface area contributed by atoms with Gasteiger partial charge in [-0.05, 0) is 69.4 Å². The number of aryl methyl sites for hydroxylation is 1. The molecule has 2 amide bonds. The average molecular weight is 445 g/mol. The summed E-state index contributed by atoms with van der Waals surface area (Å²) >= 11 is 0. The van der Waals surface area contributed by atoms with E-state index in [1.807, 2.05) is 37.3 Å². The van der Waals surface area contributed by atoms with Crippen molar-refractivity contribution in [3.05, 3.63) is 65.0 Å². The van der Waals surface area contributed by atoms with Gasteiger partial charge in [0.15, 0.2) is 5.69 Å². The third kappa shape index (κ3) is 4.33. The number of hydrogen-bond donors (Lipinski definition) is 2. The molecule has 8 nitrogen and oxygen atoms in total. The maximum absolute atomic E-state index is 13.2. The summed E-state index contributed by atoms with van der Waals surface area (Å²) in [6.07, 6.45) is 5.36. The molecule has 2 heterocycles. The number of nitrogens with two attached hydrogens (primary N) is 1. The van der Waals surface area contributed by atoms with Crippen LogP contribution in [0.3, 0.4) is 0 Å². The van der Waals surface area contributed by atoms with E-state index in [-0.39, 0.29) is 11.8 Å². The van der Waals surface area contributed by atoms with Gasteiger partial charge in [0.05, 0.1) is 22.6 Å². The Morgan fingerprint density at radius 1 is 1.03 bits per heavy atom. The molecule has 1 saturated carbocycles. The summed E-state index contributed by atoms with van der Waals surface area (Å²) in [7, 11) is 0. The number of primary amides is 1. The molecule has 8 heteroatoms. The van der Waals surface area contributed by atoms with E-state index >= 15 is 0 Å². The van der Waals surface area contributed by atoms with Crippen LogP contribution in [0.15, 0.2) is 42.5 Å². The van der Waals surface area contributed by atoms with Gasteiger partial charge < -0.3 is 16.0 Å². The first-order valence-electron chi connectivity index (χ1n) is 11.5. The summed E-state index contributed by atoms with van der Waals surface area (Å²) in [5.41, 5.74) is 10.7. The molecule has 2 fully saturated rings. The highest BCUT2D eigenvalue weighted by Gasteiger charge is 2.34. The SMILES string of the molecule is Cc1ccc(-n2nnc(C(=O)Nc3ccc(C(N)=O)c(N4CCCCC4)c3)c2C2CC2)cc1. The van der Waals surface area contributed by atoms with Crippen molar-refractivity contribution in [3.63, 3.8) is 0 Å². The molecule has 0 spiro atoms. The second-order valence-corrected chi connectivity index (χ2v) is 8.94. The molecule has 1 aliphatic heterocycles. The minimum atomic E-state index is -0.467. The van der Waals surface area contributed by atoms with Crippen molar-refractivity contribution >= 4 is 23.2 Å². The van der Waals surface area contributed by atoms with Crippen molar-refractivity contribution in [2.45, 2.75) is 44.9 Å². The summed E-state index contributed by atoms with van der Waals surface area (Å²) in [6, 6.07) is 13.3. The molecule has 3 aromatic rings. The lowest BCUT2D eigenvalue weighted by atomic mass is 10.1. The molecule has 1 saturated heterocycles. The molecule has 0 bridgehead atoms. The van der Waals surface area contributed by atoms with Gasteiger partial charge in [-0.2, -0.15) is 0 Å². The minimum absolute atomic E-state index is 0.281. The first kappa shape index (κ1) is 21.2. The molecular weight excluding hydrogens is 416 g/mol. The average Bonchev–Trinajstić information content (AvgIpc) is 3.57. The number of anilines is 2. The van der Waals surface area contributed by atoms with Crippen molar-refractivity contribution in [2.75, 3.05) is 23.3 Å². The van der Waals surface area contributed by atoms with Crippen LogP contribution in [0.2, 0.25) is 0 Å². The highest BCUT2D eigenvalue weighted by Crippen LogP contribution is 2.42. The Labute approximate surface area is 192 Å². The predicted molar refractivity (Wildman–Crippen MR) is 127 cm³/mol. The monoisotopic (exact) mass is 444 g/mol. The van der Waals surface area contributed by atoms with Crippen molar-refractivity contribution in [1.29, 1.82) is 0 Å². The number of piperidine rings is 1. The Bertz CT molecular complexity index is 1190. The fraction of sp³-hybridized carbons (Fsp3) is 0.360. The number of nitrogens with zero attached hydrogens (tertiary/aromatic N) is 4. The van der Waals surface area contributed by atoms with E-state index in [2.05, 4.69) is 20.5 Å². The van der Waals surface area contributed by atoms with Crippen molar-refractivity contribution in [3.8, 4) is 5.69 Å². The second-order valence-electron chi connectivity index (χ2n) is 8.94. The van der Waals surface area contributed by atoms with Gasteiger partial charge in [0, 0.05) is 24.7 Å². The number of hydrogen-bond acceptors (Lipinski definition) is 5. The van der Waals surface area contributed by atoms with Gasteiger partial charge in [-0.1, -0.05) is 22.9 Å². The Balaban J connectivity index is 1.44. The molecule has 3 N–H and O–H groups in total. The van der Waals surface area contributed by atoms with Crippen LogP contribution in [-0.2, 0) is 0 Å². The van der Waals surface area contributed by atoms with E-state index < -0.39 is 5.91 Å². The van der Waals surface area contributed by atoms with E-state index in [4.69, 9.17) is 5.73 Å². The summed E-state index contributed by atoms with van der Waals surface area (Å²) in [6.45, 7) is 3.77. The zero-order chi connectivity index (χ0) is 22.9. The highest BCUT2D eigenvalue weighted by molar-refractivity contribution is 6.05. The standard InChI is InChI=1S/C25H28N6O2/c1-16-5-10-19(11-6-16)31-23(17-7-8-17)22(28-29-31)25(33)27-18-9-12-20(24(26)32)21(15-18)30-13-3-2-4-14-30/h5-6,9-12,15,17H,2-4,7-8,13-14H2,1H3,(H2,26,32)(H,27,33). The van der Waals surface area contributed by atoms with Crippen molar-refractivity contribution in [1.82, 2.24) is 15.0 Å². The maximum Gasteiger partial charge on any atom is 0.278 e. The summed E-state index contributed by atoms with van der Waals surface area (Å²) in [4.78, 5) is 27.4. The molecule has 2 aromatic carbocycles. The van der Waals surface area contributed by atoms with Gasteiger partial charge >= 0.3 is 0 Å². The Hall–Kier alpha value is -3.68. The quantitative estimate of drug-likeness (QED) is 0.602. The number of nitrogens with one attached hydrogen (secondary N) is 1. The molecule has 1 aliphatic carbocycles. The molecule has 0 radical (unpaired) electrons. The van der Waals surface area contributed by atoms with Gasteiger partial charge in [0.25, 0.3) is 11.8 Å². The molecule has 170 valence electrons. The van der Waals surface area contributed by atoms with E-state index in [1.54, 1.807) is 16.8 Å². The first-order chi connectivity index (χ1) is 16.0. The van der Waals surface area contributed by atoms with Crippen LogP contribution in [0, 0.1) is 6.92 Å². The maximum atomic E-state index is 13.2. The largest absolute Gasteiger partial charge is 0.371 e.